The lowest BCUT2D eigenvalue weighted by Crippen LogP contribution is -2.15. The van der Waals surface area contributed by atoms with Gasteiger partial charge < -0.3 is 16.2 Å². The van der Waals surface area contributed by atoms with Crippen molar-refractivity contribution in [3.8, 4) is 5.75 Å². The molecule has 2 aromatic rings. The minimum atomic E-state index is -0.555. The summed E-state index contributed by atoms with van der Waals surface area (Å²) in [6.07, 6.45) is 2.36. The fraction of sp³-hybridized carbons (Fsp3) is 0.143. The van der Waals surface area contributed by atoms with Crippen LogP contribution in [0.25, 0.3) is 0 Å². The molecule has 5 nitrogen and oxygen atoms in total. The Hall–Kier alpha value is -2.56. The van der Waals surface area contributed by atoms with Crippen LogP contribution >= 0.6 is 0 Å². The van der Waals surface area contributed by atoms with Crippen LogP contribution in [0.2, 0.25) is 0 Å². The molecule has 1 amide bonds. The second-order valence-corrected chi connectivity index (χ2v) is 4.01. The molecule has 4 N–H and O–H groups in total. The van der Waals surface area contributed by atoms with Gasteiger partial charge in [0.15, 0.2) is 5.75 Å². The lowest BCUT2D eigenvalue weighted by Gasteiger charge is -2.11. The predicted molar refractivity (Wildman–Crippen MR) is 72.8 cm³/mol. The van der Waals surface area contributed by atoms with Gasteiger partial charge in [-0.1, -0.05) is 12.1 Å². The Labute approximate surface area is 111 Å². The van der Waals surface area contributed by atoms with E-state index < -0.39 is 5.91 Å². The number of nitrogens with two attached hydrogens (primary N) is 2. The minimum Gasteiger partial charge on any atom is -0.490 e. The number of rotatable bonds is 5. The standard InChI is InChI=1S/C14H15N3O2/c15-12-6-3-5-11(14(16)18)13(12)19-9-7-10-4-1-2-8-17-10/h1-6,8H,7,9,15H2,(H2,16,18). The third-order valence-corrected chi connectivity index (χ3v) is 2.64. The highest BCUT2D eigenvalue weighted by atomic mass is 16.5. The van der Waals surface area contributed by atoms with E-state index in [0.29, 0.717) is 30.0 Å². The number of nitrogen functional groups attached to an aromatic ring is 1. The number of carbonyl (C=O) groups is 1. The second kappa shape index (κ2) is 5.86. The maximum absolute atomic E-state index is 11.3. The van der Waals surface area contributed by atoms with Crippen molar-refractivity contribution in [1.29, 1.82) is 0 Å². The summed E-state index contributed by atoms with van der Waals surface area (Å²) < 4.78 is 5.57. The van der Waals surface area contributed by atoms with Crippen LogP contribution in [0.5, 0.6) is 5.75 Å². The summed E-state index contributed by atoms with van der Waals surface area (Å²) in [7, 11) is 0. The van der Waals surface area contributed by atoms with E-state index >= 15 is 0 Å². The first-order valence-corrected chi connectivity index (χ1v) is 5.89. The molecular formula is C14H15N3O2. The third kappa shape index (κ3) is 3.22. The predicted octanol–water partition coefficient (Wildman–Crippen LogP) is 1.38. The molecule has 2 rings (SSSR count). The van der Waals surface area contributed by atoms with Crippen LogP contribution in [0.4, 0.5) is 5.69 Å². The van der Waals surface area contributed by atoms with Crippen molar-refractivity contribution in [1.82, 2.24) is 4.98 Å². The number of aromatic nitrogens is 1. The van der Waals surface area contributed by atoms with Crippen LogP contribution in [0, 0.1) is 0 Å². The van der Waals surface area contributed by atoms with Gasteiger partial charge in [-0.3, -0.25) is 9.78 Å². The number of ether oxygens (including phenoxy) is 1. The Bertz CT molecular complexity index is 570. The molecule has 0 aliphatic rings. The van der Waals surface area contributed by atoms with Gasteiger partial charge in [-0.05, 0) is 24.3 Å². The van der Waals surface area contributed by atoms with Crippen LogP contribution in [-0.2, 0) is 6.42 Å². The molecular weight excluding hydrogens is 242 g/mol. The SMILES string of the molecule is NC(=O)c1cccc(N)c1OCCc1ccccn1. The number of carbonyl (C=O) groups excluding carboxylic acids is 1. The van der Waals surface area contributed by atoms with E-state index in [1.807, 2.05) is 18.2 Å². The summed E-state index contributed by atoms with van der Waals surface area (Å²) in [5.74, 6) is -0.217. The maximum atomic E-state index is 11.3. The topological polar surface area (TPSA) is 91.2 Å². The number of benzene rings is 1. The zero-order valence-electron chi connectivity index (χ0n) is 10.4. The molecule has 98 valence electrons. The van der Waals surface area contributed by atoms with E-state index in [1.54, 1.807) is 24.4 Å². The first kappa shape index (κ1) is 12.9. The molecule has 0 radical (unpaired) electrons. The molecule has 5 heteroatoms. The number of amides is 1. The number of primary amides is 1. The van der Waals surface area contributed by atoms with E-state index in [9.17, 15) is 4.79 Å². The fourth-order valence-corrected chi connectivity index (χ4v) is 1.71. The first-order chi connectivity index (χ1) is 9.18. The molecule has 0 fully saturated rings. The monoisotopic (exact) mass is 257 g/mol. The van der Waals surface area contributed by atoms with Crippen molar-refractivity contribution in [2.24, 2.45) is 5.73 Å². The number of para-hydroxylation sites is 1. The largest absolute Gasteiger partial charge is 0.490 e. The summed E-state index contributed by atoms with van der Waals surface area (Å²) in [5.41, 5.74) is 12.7. The highest BCUT2D eigenvalue weighted by molar-refractivity contribution is 5.97. The van der Waals surface area contributed by atoms with Gasteiger partial charge >= 0.3 is 0 Å². The highest BCUT2D eigenvalue weighted by Crippen LogP contribution is 2.26. The Morgan fingerprint density at radius 2 is 2.05 bits per heavy atom. The molecule has 0 saturated carbocycles. The van der Waals surface area contributed by atoms with Crippen molar-refractivity contribution in [3.63, 3.8) is 0 Å². The highest BCUT2D eigenvalue weighted by Gasteiger charge is 2.12. The second-order valence-electron chi connectivity index (χ2n) is 4.01. The van der Waals surface area contributed by atoms with E-state index in [-0.39, 0.29) is 0 Å². The number of nitrogens with zero attached hydrogens (tertiary/aromatic N) is 1. The van der Waals surface area contributed by atoms with Crippen LogP contribution in [-0.4, -0.2) is 17.5 Å². The van der Waals surface area contributed by atoms with E-state index in [2.05, 4.69) is 4.98 Å². The smallest absolute Gasteiger partial charge is 0.252 e. The Morgan fingerprint density at radius 1 is 1.21 bits per heavy atom. The summed E-state index contributed by atoms with van der Waals surface area (Å²) in [6.45, 7) is 0.380. The Balaban J connectivity index is 2.05. The summed E-state index contributed by atoms with van der Waals surface area (Å²) >= 11 is 0. The van der Waals surface area contributed by atoms with Crippen molar-refractivity contribution >= 4 is 11.6 Å². The summed E-state index contributed by atoms with van der Waals surface area (Å²) in [6, 6.07) is 10.6. The van der Waals surface area contributed by atoms with Crippen molar-refractivity contribution < 1.29 is 9.53 Å². The van der Waals surface area contributed by atoms with Gasteiger partial charge in [0, 0.05) is 18.3 Å². The van der Waals surface area contributed by atoms with Crippen molar-refractivity contribution in [2.45, 2.75) is 6.42 Å². The van der Waals surface area contributed by atoms with Gasteiger partial charge in [-0.25, -0.2) is 0 Å². The van der Waals surface area contributed by atoms with E-state index in [4.69, 9.17) is 16.2 Å². The summed E-state index contributed by atoms with van der Waals surface area (Å²) in [5, 5.41) is 0. The van der Waals surface area contributed by atoms with Gasteiger partial charge in [0.1, 0.15) is 0 Å². The van der Waals surface area contributed by atoms with Crippen LogP contribution in [0.3, 0.4) is 0 Å². The molecule has 0 atom stereocenters. The molecule has 0 bridgehead atoms. The van der Waals surface area contributed by atoms with E-state index in [0.717, 1.165) is 5.69 Å². The molecule has 1 aromatic heterocycles. The van der Waals surface area contributed by atoms with Gasteiger partial charge in [-0.15, -0.1) is 0 Å². The normalized spacial score (nSPS) is 10.1. The molecule has 19 heavy (non-hydrogen) atoms. The third-order valence-electron chi connectivity index (χ3n) is 2.64. The van der Waals surface area contributed by atoms with Gasteiger partial charge in [0.2, 0.25) is 0 Å². The first-order valence-electron chi connectivity index (χ1n) is 5.89. The lowest BCUT2D eigenvalue weighted by molar-refractivity contribution is 0.0996. The van der Waals surface area contributed by atoms with Gasteiger partial charge in [0.05, 0.1) is 17.9 Å². The maximum Gasteiger partial charge on any atom is 0.252 e. The van der Waals surface area contributed by atoms with Crippen LogP contribution in [0.1, 0.15) is 16.1 Å². The Morgan fingerprint density at radius 3 is 2.74 bits per heavy atom. The lowest BCUT2D eigenvalue weighted by atomic mass is 10.1. The zero-order valence-corrected chi connectivity index (χ0v) is 10.4. The number of hydrogen-bond donors (Lipinski definition) is 2. The molecule has 1 heterocycles. The van der Waals surface area contributed by atoms with Crippen molar-refractivity contribution in [3.05, 3.63) is 53.9 Å². The average molecular weight is 257 g/mol. The molecule has 0 aliphatic heterocycles. The number of pyridine rings is 1. The quantitative estimate of drug-likeness (QED) is 0.792. The fourth-order valence-electron chi connectivity index (χ4n) is 1.71. The van der Waals surface area contributed by atoms with Crippen molar-refractivity contribution in [2.75, 3.05) is 12.3 Å². The summed E-state index contributed by atoms with van der Waals surface area (Å²) in [4.78, 5) is 15.5. The molecule has 1 aromatic carbocycles. The van der Waals surface area contributed by atoms with Crippen LogP contribution in [0.15, 0.2) is 42.6 Å². The van der Waals surface area contributed by atoms with Crippen LogP contribution < -0.4 is 16.2 Å². The zero-order chi connectivity index (χ0) is 13.7. The molecule has 0 spiro atoms. The minimum absolute atomic E-state index is 0.293. The Kier molecular flexibility index (Phi) is 3.97. The molecule has 0 aliphatic carbocycles. The average Bonchev–Trinajstić information content (AvgIpc) is 2.41. The van der Waals surface area contributed by atoms with Gasteiger partial charge in [-0.2, -0.15) is 0 Å². The van der Waals surface area contributed by atoms with E-state index in [1.165, 1.54) is 0 Å². The van der Waals surface area contributed by atoms with Gasteiger partial charge in [0.25, 0.3) is 5.91 Å². The molecule has 0 unspecified atom stereocenters. The number of anilines is 1. The molecule has 0 saturated heterocycles. The number of hydrogen-bond acceptors (Lipinski definition) is 4.